The monoisotopic (exact) mass is 297 g/mol. The number of aliphatic hydroxyl groups excluding tert-OH is 1. The summed E-state index contributed by atoms with van der Waals surface area (Å²) in [7, 11) is 0. The number of anilines is 1. The Balaban J connectivity index is 3.03. The zero-order valence-corrected chi connectivity index (χ0v) is 12.0. The highest BCUT2D eigenvalue weighted by Gasteiger charge is 2.27. The van der Waals surface area contributed by atoms with E-state index in [1.165, 1.54) is 12.1 Å². The number of nitrogens with zero attached hydrogens (tertiary/aromatic N) is 2. The van der Waals surface area contributed by atoms with Gasteiger partial charge in [-0.1, -0.05) is 13.8 Å². The van der Waals surface area contributed by atoms with Gasteiger partial charge in [-0.25, -0.2) is 0 Å². The number of hydrogen-bond acceptors (Lipinski definition) is 6. The van der Waals surface area contributed by atoms with Gasteiger partial charge in [-0.3, -0.25) is 20.2 Å². The molecule has 0 heterocycles. The second kappa shape index (κ2) is 6.98. The highest BCUT2D eigenvalue weighted by atomic mass is 16.6. The van der Waals surface area contributed by atoms with Crippen molar-refractivity contribution >= 4 is 17.1 Å². The van der Waals surface area contributed by atoms with Crippen molar-refractivity contribution in [3.8, 4) is 0 Å². The van der Waals surface area contributed by atoms with Gasteiger partial charge in [-0.05, 0) is 18.9 Å². The number of nitrogens with one attached hydrogen (secondary N) is 1. The van der Waals surface area contributed by atoms with Gasteiger partial charge in [0.2, 0.25) is 0 Å². The Bertz CT molecular complexity index is 520. The quantitative estimate of drug-likeness (QED) is 0.562. The molecule has 0 aliphatic carbocycles. The van der Waals surface area contributed by atoms with Crippen LogP contribution in [-0.2, 0) is 0 Å². The maximum Gasteiger partial charge on any atom is 0.299 e. The van der Waals surface area contributed by atoms with E-state index < -0.39 is 9.85 Å². The first kappa shape index (κ1) is 16.8. The fourth-order valence-electron chi connectivity index (χ4n) is 2.00. The van der Waals surface area contributed by atoms with E-state index >= 15 is 0 Å². The molecule has 0 radical (unpaired) electrons. The Labute approximate surface area is 122 Å². The average Bonchev–Trinajstić information content (AvgIpc) is 2.49. The minimum Gasteiger partial charge on any atom is -0.396 e. The molecule has 1 aromatic carbocycles. The number of nitro benzene ring substituents is 2. The molecule has 2 N–H and O–H groups in total. The van der Waals surface area contributed by atoms with E-state index in [4.69, 9.17) is 0 Å². The molecule has 0 fully saturated rings. The summed E-state index contributed by atoms with van der Waals surface area (Å²) in [6, 6.07) is 3.47. The van der Waals surface area contributed by atoms with Crippen molar-refractivity contribution in [3.63, 3.8) is 0 Å². The minimum atomic E-state index is -0.674. The van der Waals surface area contributed by atoms with E-state index in [9.17, 15) is 25.3 Å². The van der Waals surface area contributed by atoms with Crippen LogP contribution in [0.1, 0.15) is 26.7 Å². The molecule has 0 spiro atoms. The fourth-order valence-corrected chi connectivity index (χ4v) is 2.00. The van der Waals surface area contributed by atoms with Crippen LogP contribution in [0.25, 0.3) is 0 Å². The van der Waals surface area contributed by atoms with E-state index in [-0.39, 0.29) is 29.1 Å². The molecule has 8 heteroatoms. The standard InChI is InChI=1S/C13H19N3O5/c1-3-13(4-2,9-17)8-14-11-6-5-10(15(18)19)7-12(11)16(20)21/h5-7,14,17H,3-4,8-9H2,1-2H3. The molecule has 0 saturated carbocycles. The van der Waals surface area contributed by atoms with Gasteiger partial charge in [-0.2, -0.15) is 0 Å². The summed E-state index contributed by atoms with van der Waals surface area (Å²) in [6.45, 7) is 4.19. The molecule has 0 amide bonds. The summed E-state index contributed by atoms with van der Waals surface area (Å²) in [5.41, 5.74) is -0.824. The lowest BCUT2D eigenvalue weighted by Crippen LogP contribution is -2.32. The number of aliphatic hydroxyl groups is 1. The fraction of sp³-hybridized carbons (Fsp3) is 0.538. The molecule has 1 rings (SSSR count). The molecular formula is C13H19N3O5. The average molecular weight is 297 g/mol. The van der Waals surface area contributed by atoms with E-state index in [0.717, 1.165) is 6.07 Å². The molecule has 21 heavy (non-hydrogen) atoms. The smallest absolute Gasteiger partial charge is 0.299 e. The lowest BCUT2D eigenvalue weighted by atomic mass is 9.83. The molecule has 0 bridgehead atoms. The Morgan fingerprint density at radius 2 is 1.81 bits per heavy atom. The third kappa shape index (κ3) is 3.88. The first-order valence-electron chi connectivity index (χ1n) is 6.66. The predicted octanol–water partition coefficient (Wildman–Crippen LogP) is 2.71. The molecule has 0 saturated heterocycles. The summed E-state index contributed by atoms with van der Waals surface area (Å²) in [4.78, 5) is 20.4. The highest BCUT2D eigenvalue weighted by molar-refractivity contribution is 5.65. The van der Waals surface area contributed by atoms with Crippen molar-refractivity contribution in [1.82, 2.24) is 0 Å². The predicted molar refractivity (Wildman–Crippen MR) is 78.3 cm³/mol. The van der Waals surface area contributed by atoms with Gasteiger partial charge in [0.05, 0.1) is 22.5 Å². The van der Waals surface area contributed by atoms with Crippen molar-refractivity contribution in [1.29, 1.82) is 0 Å². The Hall–Kier alpha value is -2.22. The van der Waals surface area contributed by atoms with Crippen LogP contribution in [0, 0.1) is 25.6 Å². The van der Waals surface area contributed by atoms with Crippen LogP contribution < -0.4 is 5.32 Å². The van der Waals surface area contributed by atoms with Crippen LogP contribution in [0.15, 0.2) is 18.2 Å². The molecule has 1 aromatic rings. The van der Waals surface area contributed by atoms with Crippen molar-refractivity contribution in [2.24, 2.45) is 5.41 Å². The summed E-state index contributed by atoms with van der Waals surface area (Å²) < 4.78 is 0. The number of hydrogen-bond donors (Lipinski definition) is 2. The summed E-state index contributed by atoms with van der Waals surface area (Å²) >= 11 is 0. The topological polar surface area (TPSA) is 119 Å². The van der Waals surface area contributed by atoms with Gasteiger partial charge >= 0.3 is 0 Å². The molecular weight excluding hydrogens is 278 g/mol. The Morgan fingerprint density at radius 1 is 1.19 bits per heavy atom. The number of rotatable bonds is 8. The van der Waals surface area contributed by atoms with E-state index in [2.05, 4.69) is 5.32 Å². The van der Waals surface area contributed by atoms with Gasteiger partial charge in [0, 0.05) is 18.0 Å². The maximum absolute atomic E-state index is 11.0. The van der Waals surface area contributed by atoms with Crippen molar-refractivity contribution in [3.05, 3.63) is 38.4 Å². The van der Waals surface area contributed by atoms with Gasteiger partial charge in [0.1, 0.15) is 5.69 Å². The largest absolute Gasteiger partial charge is 0.396 e. The van der Waals surface area contributed by atoms with Crippen LogP contribution in [0.2, 0.25) is 0 Å². The molecule has 0 aliphatic rings. The van der Waals surface area contributed by atoms with Crippen molar-refractivity contribution in [2.45, 2.75) is 26.7 Å². The molecule has 0 aromatic heterocycles. The van der Waals surface area contributed by atoms with E-state index in [1.54, 1.807) is 0 Å². The number of benzene rings is 1. The molecule has 0 unspecified atom stereocenters. The van der Waals surface area contributed by atoms with Crippen molar-refractivity contribution in [2.75, 3.05) is 18.5 Å². The molecule has 8 nitrogen and oxygen atoms in total. The third-order valence-electron chi connectivity index (χ3n) is 3.88. The molecule has 116 valence electrons. The number of non-ortho nitro benzene ring substituents is 1. The molecule has 0 atom stereocenters. The normalized spacial score (nSPS) is 11.2. The summed E-state index contributed by atoms with van der Waals surface area (Å²) in [5, 5.41) is 34.1. The van der Waals surface area contributed by atoms with Crippen molar-refractivity contribution < 1.29 is 15.0 Å². The van der Waals surface area contributed by atoms with E-state index in [1.807, 2.05) is 13.8 Å². The number of nitro groups is 2. The minimum absolute atomic E-state index is 0.0339. The van der Waals surface area contributed by atoms with Crippen LogP contribution in [0.5, 0.6) is 0 Å². The highest BCUT2D eigenvalue weighted by Crippen LogP contribution is 2.31. The van der Waals surface area contributed by atoms with Crippen LogP contribution in [0.3, 0.4) is 0 Å². The van der Waals surface area contributed by atoms with Gasteiger partial charge in [-0.15, -0.1) is 0 Å². The van der Waals surface area contributed by atoms with Crippen LogP contribution >= 0.6 is 0 Å². The van der Waals surface area contributed by atoms with Crippen LogP contribution in [-0.4, -0.2) is 28.1 Å². The van der Waals surface area contributed by atoms with Gasteiger partial charge < -0.3 is 10.4 Å². The first-order chi connectivity index (χ1) is 9.89. The SMILES string of the molecule is CCC(CC)(CO)CNc1ccc([N+](=O)[O-])cc1[N+](=O)[O-]. The van der Waals surface area contributed by atoms with E-state index in [0.29, 0.717) is 19.4 Å². The first-order valence-corrected chi connectivity index (χ1v) is 6.66. The maximum atomic E-state index is 11.0. The Morgan fingerprint density at radius 3 is 2.24 bits per heavy atom. The second-order valence-electron chi connectivity index (χ2n) is 4.93. The zero-order chi connectivity index (χ0) is 16.0. The molecule has 0 aliphatic heterocycles. The van der Waals surface area contributed by atoms with Gasteiger partial charge in [0.15, 0.2) is 0 Å². The lowest BCUT2D eigenvalue weighted by molar-refractivity contribution is -0.393. The summed E-state index contributed by atoms with van der Waals surface area (Å²) in [5.74, 6) is 0. The summed E-state index contributed by atoms with van der Waals surface area (Å²) in [6.07, 6.45) is 1.43. The Kier molecular flexibility index (Phi) is 5.60. The lowest BCUT2D eigenvalue weighted by Gasteiger charge is -2.29. The second-order valence-corrected chi connectivity index (χ2v) is 4.93. The third-order valence-corrected chi connectivity index (χ3v) is 3.88. The van der Waals surface area contributed by atoms with Crippen LogP contribution in [0.4, 0.5) is 17.1 Å². The zero-order valence-electron chi connectivity index (χ0n) is 12.0. The van der Waals surface area contributed by atoms with Gasteiger partial charge in [0.25, 0.3) is 11.4 Å².